The van der Waals surface area contributed by atoms with Crippen molar-refractivity contribution in [3.8, 4) is 11.5 Å². The Balaban J connectivity index is 1.49. The van der Waals surface area contributed by atoms with Crippen LogP contribution in [-0.2, 0) is 0 Å². The van der Waals surface area contributed by atoms with Crippen LogP contribution >= 0.6 is 0 Å². The monoisotopic (exact) mass is 296 g/mol. The fourth-order valence-electron chi connectivity index (χ4n) is 3.06. The second-order valence-corrected chi connectivity index (χ2v) is 5.59. The number of carbonyl (C=O) groups excluding carboxylic acids is 1. The van der Waals surface area contributed by atoms with Crippen LogP contribution in [-0.4, -0.2) is 35.7 Å². The van der Waals surface area contributed by atoms with Gasteiger partial charge in [-0.15, -0.1) is 0 Å². The number of carbonyl (C=O) groups is 1. The van der Waals surface area contributed by atoms with Crippen molar-refractivity contribution in [1.29, 1.82) is 0 Å². The molecule has 0 spiro atoms. The minimum absolute atomic E-state index is 0.0522. The van der Waals surface area contributed by atoms with Crippen LogP contribution in [0.25, 0.3) is 0 Å². The molecule has 2 aliphatic rings. The minimum atomic E-state index is 0.0522. The van der Waals surface area contributed by atoms with Crippen molar-refractivity contribution in [2.75, 3.05) is 19.9 Å². The lowest BCUT2D eigenvalue weighted by molar-refractivity contribution is 0.0790. The van der Waals surface area contributed by atoms with Gasteiger partial charge in [0.05, 0.1) is 5.56 Å². The van der Waals surface area contributed by atoms with Crippen LogP contribution in [0.4, 0.5) is 0 Å². The van der Waals surface area contributed by atoms with Gasteiger partial charge in [0.25, 0.3) is 5.91 Å². The number of aromatic nitrogens is 1. The van der Waals surface area contributed by atoms with Crippen molar-refractivity contribution in [3.05, 3.63) is 53.9 Å². The molecule has 4 rings (SSSR count). The molecule has 5 nitrogen and oxygen atoms in total. The minimum Gasteiger partial charge on any atom is -0.454 e. The molecule has 0 aliphatic carbocycles. The Kier molecular flexibility index (Phi) is 3.18. The average molecular weight is 296 g/mol. The normalized spacial score (nSPS) is 19.5. The number of hydrogen-bond donors (Lipinski definition) is 0. The maximum Gasteiger partial charge on any atom is 0.255 e. The molecule has 2 aromatic rings. The van der Waals surface area contributed by atoms with Crippen LogP contribution in [0.15, 0.2) is 42.7 Å². The number of ether oxygens (including phenoxy) is 2. The zero-order valence-corrected chi connectivity index (χ0v) is 12.1. The van der Waals surface area contributed by atoms with E-state index >= 15 is 0 Å². The van der Waals surface area contributed by atoms with E-state index < -0.39 is 0 Å². The maximum atomic E-state index is 12.5. The third-order valence-corrected chi connectivity index (χ3v) is 4.25. The lowest BCUT2D eigenvalue weighted by atomic mass is 9.98. The largest absolute Gasteiger partial charge is 0.454 e. The molecule has 3 heterocycles. The standard InChI is InChI=1S/C17H16N2O3/c20-17(13-2-1-6-18-9-13)19-7-5-14(10-19)12-3-4-15-16(8-12)22-11-21-15/h1-4,6,8-9,14H,5,7,10-11H2. The van der Waals surface area contributed by atoms with Crippen molar-refractivity contribution in [1.82, 2.24) is 9.88 Å². The highest BCUT2D eigenvalue weighted by molar-refractivity contribution is 5.94. The highest BCUT2D eigenvalue weighted by atomic mass is 16.7. The molecule has 0 bridgehead atoms. The Morgan fingerprint density at radius 3 is 3.00 bits per heavy atom. The first-order chi connectivity index (χ1) is 10.8. The number of amides is 1. The van der Waals surface area contributed by atoms with E-state index in [1.165, 1.54) is 5.56 Å². The van der Waals surface area contributed by atoms with Crippen molar-refractivity contribution < 1.29 is 14.3 Å². The molecule has 1 amide bonds. The summed E-state index contributed by atoms with van der Waals surface area (Å²) in [6.45, 7) is 1.79. The predicted octanol–water partition coefficient (Wildman–Crippen LogP) is 2.44. The molecule has 22 heavy (non-hydrogen) atoms. The number of fused-ring (bicyclic) bond motifs is 1. The Labute approximate surface area is 128 Å². The van der Waals surface area contributed by atoms with Crippen LogP contribution in [0, 0.1) is 0 Å². The van der Waals surface area contributed by atoms with Crippen LogP contribution in [0.2, 0.25) is 0 Å². The Morgan fingerprint density at radius 1 is 1.23 bits per heavy atom. The first-order valence-corrected chi connectivity index (χ1v) is 7.40. The average Bonchev–Trinajstić information content (AvgIpc) is 3.23. The molecule has 1 saturated heterocycles. The molecule has 0 radical (unpaired) electrons. The number of hydrogen-bond acceptors (Lipinski definition) is 4. The fraction of sp³-hybridized carbons (Fsp3) is 0.294. The second-order valence-electron chi connectivity index (χ2n) is 5.59. The van der Waals surface area contributed by atoms with Gasteiger partial charge in [-0.25, -0.2) is 0 Å². The van der Waals surface area contributed by atoms with Gasteiger partial charge in [0.2, 0.25) is 6.79 Å². The lowest BCUT2D eigenvalue weighted by Gasteiger charge is -2.16. The second kappa shape index (κ2) is 5.33. The van der Waals surface area contributed by atoms with Crippen LogP contribution in [0.5, 0.6) is 11.5 Å². The van der Waals surface area contributed by atoms with Gasteiger partial charge in [0.1, 0.15) is 0 Å². The Morgan fingerprint density at radius 2 is 2.14 bits per heavy atom. The molecule has 2 aliphatic heterocycles. The summed E-state index contributed by atoms with van der Waals surface area (Å²) in [7, 11) is 0. The van der Waals surface area contributed by atoms with E-state index in [1.807, 2.05) is 23.1 Å². The molecule has 1 atom stereocenters. The van der Waals surface area contributed by atoms with E-state index in [2.05, 4.69) is 11.1 Å². The van der Waals surface area contributed by atoms with Crippen LogP contribution in [0.3, 0.4) is 0 Å². The zero-order chi connectivity index (χ0) is 14.9. The van der Waals surface area contributed by atoms with Gasteiger partial charge in [0.15, 0.2) is 11.5 Å². The van der Waals surface area contributed by atoms with Gasteiger partial charge in [-0.3, -0.25) is 9.78 Å². The van der Waals surface area contributed by atoms with Crippen molar-refractivity contribution in [2.45, 2.75) is 12.3 Å². The summed E-state index contributed by atoms with van der Waals surface area (Å²) in [5, 5.41) is 0. The van der Waals surface area contributed by atoms with Crippen molar-refractivity contribution >= 4 is 5.91 Å². The summed E-state index contributed by atoms with van der Waals surface area (Å²) in [4.78, 5) is 18.4. The van der Waals surface area contributed by atoms with Crippen molar-refractivity contribution in [3.63, 3.8) is 0 Å². The molecular formula is C17H16N2O3. The van der Waals surface area contributed by atoms with E-state index in [-0.39, 0.29) is 12.7 Å². The summed E-state index contributed by atoms with van der Waals surface area (Å²) < 4.78 is 10.8. The fourth-order valence-corrected chi connectivity index (χ4v) is 3.06. The van der Waals surface area contributed by atoms with E-state index in [0.717, 1.165) is 31.0 Å². The molecule has 5 heteroatoms. The van der Waals surface area contributed by atoms with Crippen LogP contribution < -0.4 is 9.47 Å². The molecule has 112 valence electrons. The summed E-state index contributed by atoms with van der Waals surface area (Å²) in [6, 6.07) is 9.65. The third kappa shape index (κ3) is 2.28. The van der Waals surface area contributed by atoms with Crippen LogP contribution in [0.1, 0.15) is 28.3 Å². The van der Waals surface area contributed by atoms with E-state index in [9.17, 15) is 4.79 Å². The third-order valence-electron chi connectivity index (χ3n) is 4.25. The Hall–Kier alpha value is -2.56. The number of rotatable bonds is 2. The SMILES string of the molecule is O=C(c1cccnc1)N1CCC(c2ccc3c(c2)OCO3)C1. The smallest absolute Gasteiger partial charge is 0.255 e. The quantitative estimate of drug-likeness (QED) is 0.854. The molecule has 1 aromatic heterocycles. The van der Waals surface area contributed by atoms with Gasteiger partial charge in [-0.1, -0.05) is 6.07 Å². The summed E-state index contributed by atoms with van der Waals surface area (Å²) in [6.07, 6.45) is 4.26. The highest BCUT2D eigenvalue weighted by Gasteiger charge is 2.29. The first kappa shape index (κ1) is 13.1. The Bertz CT molecular complexity index is 702. The summed E-state index contributed by atoms with van der Waals surface area (Å²) in [5.41, 5.74) is 1.85. The summed E-state index contributed by atoms with van der Waals surface area (Å²) >= 11 is 0. The number of nitrogens with zero attached hydrogens (tertiary/aromatic N) is 2. The van der Waals surface area contributed by atoms with Gasteiger partial charge >= 0.3 is 0 Å². The maximum absolute atomic E-state index is 12.5. The van der Waals surface area contributed by atoms with Gasteiger partial charge in [-0.05, 0) is 36.2 Å². The predicted molar refractivity (Wildman–Crippen MR) is 80.1 cm³/mol. The van der Waals surface area contributed by atoms with Gasteiger partial charge in [-0.2, -0.15) is 0 Å². The zero-order valence-electron chi connectivity index (χ0n) is 12.1. The lowest BCUT2D eigenvalue weighted by Crippen LogP contribution is -2.28. The number of likely N-dealkylation sites (tertiary alicyclic amines) is 1. The van der Waals surface area contributed by atoms with E-state index in [0.29, 0.717) is 11.5 Å². The molecule has 0 saturated carbocycles. The first-order valence-electron chi connectivity index (χ1n) is 7.40. The van der Waals surface area contributed by atoms with E-state index in [1.54, 1.807) is 18.5 Å². The number of benzene rings is 1. The summed E-state index contributed by atoms with van der Waals surface area (Å²) in [5.74, 6) is 1.99. The van der Waals surface area contributed by atoms with Gasteiger partial charge < -0.3 is 14.4 Å². The van der Waals surface area contributed by atoms with Gasteiger partial charge in [0, 0.05) is 31.4 Å². The topological polar surface area (TPSA) is 51.7 Å². The molecule has 1 fully saturated rings. The molecule has 1 unspecified atom stereocenters. The molecule has 0 N–H and O–H groups in total. The highest BCUT2D eigenvalue weighted by Crippen LogP contribution is 2.37. The molecular weight excluding hydrogens is 280 g/mol. The molecule has 1 aromatic carbocycles. The van der Waals surface area contributed by atoms with Crippen molar-refractivity contribution in [2.24, 2.45) is 0 Å². The van der Waals surface area contributed by atoms with E-state index in [4.69, 9.17) is 9.47 Å². The number of pyridine rings is 1.